The molecule has 0 unspecified atom stereocenters. The van der Waals surface area contributed by atoms with Crippen LogP contribution in [0.5, 0.6) is 0 Å². The number of aliphatic hydroxyl groups is 1. The molecule has 2 N–H and O–H groups in total. The Morgan fingerprint density at radius 2 is 1.96 bits per heavy atom. The molecule has 1 amide bonds. The number of carbonyl (C=O) groups excluding carboxylic acids is 1. The summed E-state index contributed by atoms with van der Waals surface area (Å²) >= 11 is 0. The Hall–Kier alpha value is -2.47. The molecule has 6 nitrogen and oxygen atoms in total. The molecule has 28 heavy (non-hydrogen) atoms. The fraction of sp³-hybridized carbons (Fsp3) is 0.500. The van der Waals surface area contributed by atoms with Gasteiger partial charge in [-0.15, -0.1) is 0 Å². The molecule has 2 aromatic rings. The molecule has 148 valence electrons. The summed E-state index contributed by atoms with van der Waals surface area (Å²) in [7, 11) is 0. The number of nitrogens with one attached hydrogen (secondary N) is 1. The van der Waals surface area contributed by atoms with Crippen molar-refractivity contribution in [3.63, 3.8) is 0 Å². The average molecular weight is 380 g/mol. The number of aromatic nitrogens is 2. The number of hydrogen-bond donors (Lipinski definition) is 2. The first-order valence-corrected chi connectivity index (χ1v) is 10.3. The summed E-state index contributed by atoms with van der Waals surface area (Å²) in [5.41, 5.74) is 3.52. The summed E-state index contributed by atoms with van der Waals surface area (Å²) < 4.78 is 0. The number of hydrogen-bond acceptors (Lipinski definition) is 5. The van der Waals surface area contributed by atoms with E-state index in [1.807, 2.05) is 18.2 Å². The third-order valence-corrected chi connectivity index (χ3v) is 5.68. The predicted molar refractivity (Wildman–Crippen MR) is 109 cm³/mol. The van der Waals surface area contributed by atoms with E-state index in [9.17, 15) is 9.90 Å². The number of aryl methyl sites for hydroxylation is 1. The van der Waals surface area contributed by atoms with Gasteiger partial charge < -0.3 is 15.3 Å². The maximum atomic E-state index is 12.3. The van der Waals surface area contributed by atoms with Crippen molar-refractivity contribution in [2.24, 2.45) is 5.92 Å². The number of fused-ring (bicyclic) bond motifs is 1. The molecule has 0 saturated carbocycles. The Balaban J connectivity index is 1.51. The lowest BCUT2D eigenvalue weighted by Gasteiger charge is -2.33. The van der Waals surface area contributed by atoms with Crippen LogP contribution in [0.15, 0.2) is 30.3 Å². The van der Waals surface area contributed by atoms with Crippen molar-refractivity contribution >= 4 is 11.7 Å². The van der Waals surface area contributed by atoms with Gasteiger partial charge in [0.2, 0.25) is 5.91 Å². The van der Waals surface area contributed by atoms with E-state index in [1.165, 1.54) is 11.3 Å². The Kier molecular flexibility index (Phi) is 5.57. The maximum Gasteiger partial charge on any atom is 0.223 e. The molecule has 1 saturated heterocycles. The van der Waals surface area contributed by atoms with Crippen LogP contribution in [-0.2, 0) is 17.6 Å². The van der Waals surface area contributed by atoms with Crippen molar-refractivity contribution in [2.75, 3.05) is 24.5 Å². The molecule has 2 heterocycles. The van der Waals surface area contributed by atoms with Gasteiger partial charge in [0, 0.05) is 42.4 Å². The fourth-order valence-electron chi connectivity index (χ4n) is 4.14. The third kappa shape index (κ3) is 4.02. The van der Waals surface area contributed by atoms with Crippen molar-refractivity contribution in [3.05, 3.63) is 41.6 Å². The van der Waals surface area contributed by atoms with E-state index < -0.39 is 6.10 Å². The van der Waals surface area contributed by atoms with Gasteiger partial charge in [0.25, 0.3) is 0 Å². The second-order valence-electron chi connectivity index (χ2n) is 7.87. The minimum atomic E-state index is -0.510. The highest BCUT2D eigenvalue weighted by Crippen LogP contribution is 2.33. The van der Waals surface area contributed by atoms with E-state index in [0.29, 0.717) is 6.54 Å². The molecular weight excluding hydrogens is 352 g/mol. The lowest BCUT2D eigenvalue weighted by Crippen LogP contribution is -2.42. The first-order chi connectivity index (χ1) is 13.6. The van der Waals surface area contributed by atoms with Gasteiger partial charge in [0.15, 0.2) is 5.82 Å². The number of carbonyl (C=O) groups is 1. The number of rotatable bonds is 5. The Labute approximate surface area is 166 Å². The van der Waals surface area contributed by atoms with Gasteiger partial charge in [0.05, 0.1) is 6.10 Å². The van der Waals surface area contributed by atoms with Crippen LogP contribution < -0.4 is 10.2 Å². The fourth-order valence-corrected chi connectivity index (χ4v) is 4.14. The molecule has 1 aliphatic carbocycles. The van der Waals surface area contributed by atoms with Crippen molar-refractivity contribution < 1.29 is 9.90 Å². The summed E-state index contributed by atoms with van der Waals surface area (Å²) in [5.74, 6) is 1.93. The Morgan fingerprint density at radius 3 is 2.68 bits per heavy atom. The van der Waals surface area contributed by atoms with Crippen molar-refractivity contribution in [1.82, 2.24) is 15.3 Å². The topological polar surface area (TPSA) is 78.4 Å². The predicted octanol–water partition coefficient (Wildman–Crippen LogP) is 2.35. The van der Waals surface area contributed by atoms with Crippen LogP contribution in [0.1, 0.15) is 37.4 Å². The van der Waals surface area contributed by atoms with Gasteiger partial charge in [0.1, 0.15) is 5.82 Å². The molecule has 4 rings (SSSR count). The lowest BCUT2D eigenvalue weighted by molar-refractivity contribution is -0.126. The molecule has 2 aliphatic rings. The highest BCUT2D eigenvalue weighted by Gasteiger charge is 2.29. The minimum absolute atomic E-state index is 0.0125. The highest BCUT2D eigenvalue weighted by atomic mass is 16.3. The van der Waals surface area contributed by atoms with E-state index in [1.54, 1.807) is 6.92 Å². The van der Waals surface area contributed by atoms with Gasteiger partial charge in [-0.05, 0) is 39.0 Å². The van der Waals surface area contributed by atoms with E-state index in [4.69, 9.17) is 9.97 Å². The summed E-state index contributed by atoms with van der Waals surface area (Å²) in [5, 5.41) is 12.2. The second-order valence-corrected chi connectivity index (χ2v) is 7.87. The van der Waals surface area contributed by atoms with Crippen LogP contribution in [0.2, 0.25) is 0 Å². The summed E-state index contributed by atoms with van der Waals surface area (Å²) in [6, 6.07) is 10.1. The molecular formula is C22H28N4O2. The lowest BCUT2D eigenvalue weighted by atomic mass is 9.95. The van der Waals surface area contributed by atoms with Crippen LogP contribution in [0.25, 0.3) is 11.4 Å². The minimum Gasteiger partial charge on any atom is -0.392 e. The molecule has 1 aromatic carbocycles. The zero-order valence-corrected chi connectivity index (χ0v) is 16.4. The van der Waals surface area contributed by atoms with Gasteiger partial charge in [-0.2, -0.15) is 0 Å². The molecule has 1 atom stereocenters. The van der Waals surface area contributed by atoms with E-state index in [-0.39, 0.29) is 11.8 Å². The van der Waals surface area contributed by atoms with Crippen LogP contribution in [-0.4, -0.2) is 46.7 Å². The van der Waals surface area contributed by atoms with Crippen molar-refractivity contribution in [3.8, 4) is 11.4 Å². The highest BCUT2D eigenvalue weighted by molar-refractivity contribution is 5.79. The van der Waals surface area contributed by atoms with Crippen LogP contribution in [0.4, 0.5) is 5.82 Å². The van der Waals surface area contributed by atoms with Crippen LogP contribution in [0, 0.1) is 5.92 Å². The zero-order valence-electron chi connectivity index (χ0n) is 16.4. The molecule has 0 radical (unpaired) electrons. The molecule has 1 fully saturated rings. The largest absolute Gasteiger partial charge is 0.392 e. The van der Waals surface area contributed by atoms with Crippen molar-refractivity contribution in [1.29, 1.82) is 0 Å². The molecule has 6 heteroatoms. The maximum absolute atomic E-state index is 12.3. The second kappa shape index (κ2) is 8.27. The van der Waals surface area contributed by atoms with Gasteiger partial charge in [-0.25, -0.2) is 9.97 Å². The Bertz CT molecular complexity index is 830. The van der Waals surface area contributed by atoms with Gasteiger partial charge in [-0.1, -0.05) is 30.3 Å². The SMILES string of the molecule is C[C@@H](O)CNC(=O)C1CCN(c2nc(-c3ccccc3)nc3c2CCC3)CC1. The molecule has 1 aliphatic heterocycles. The van der Waals surface area contributed by atoms with E-state index in [0.717, 1.165) is 62.4 Å². The third-order valence-electron chi connectivity index (χ3n) is 5.68. The number of piperidine rings is 1. The quantitative estimate of drug-likeness (QED) is 0.833. The molecule has 1 aromatic heterocycles. The van der Waals surface area contributed by atoms with Gasteiger partial charge >= 0.3 is 0 Å². The first-order valence-electron chi connectivity index (χ1n) is 10.3. The summed E-state index contributed by atoms with van der Waals surface area (Å²) in [4.78, 5) is 24.4. The zero-order chi connectivity index (χ0) is 19.5. The summed E-state index contributed by atoms with van der Waals surface area (Å²) in [6.45, 7) is 3.65. The number of benzene rings is 1. The number of aliphatic hydroxyl groups excluding tert-OH is 1. The van der Waals surface area contributed by atoms with Crippen LogP contribution in [0.3, 0.4) is 0 Å². The Morgan fingerprint density at radius 1 is 1.21 bits per heavy atom. The van der Waals surface area contributed by atoms with Crippen LogP contribution >= 0.6 is 0 Å². The number of anilines is 1. The monoisotopic (exact) mass is 380 g/mol. The smallest absolute Gasteiger partial charge is 0.223 e. The molecule has 0 bridgehead atoms. The summed E-state index contributed by atoms with van der Waals surface area (Å²) in [6.07, 6.45) is 4.30. The molecule has 0 spiro atoms. The number of amides is 1. The average Bonchev–Trinajstić information content (AvgIpc) is 3.21. The first kappa shape index (κ1) is 18.9. The standard InChI is InChI=1S/C22H28N4O2/c1-15(27)14-23-22(28)17-10-12-26(13-11-17)21-18-8-5-9-19(18)24-20(25-21)16-6-3-2-4-7-16/h2-4,6-7,15,17,27H,5,8-14H2,1H3,(H,23,28)/t15-/m1/s1. The van der Waals surface area contributed by atoms with Gasteiger partial charge in [-0.3, -0.25) is 4.79 Å². The number of nitrogens with zero attached hydrogens (tertiary/aromatic N) is 3. The van der Waals surface area contributed by atoms with Crippen molar-refractivity contribution in [2.45, 2.75) is 45.1 Å². The normalized spacial score (nSPS) is 18.0. The van der Waals surface area contributed by atoms with E-state index >= 15 is 0 Å². The van der Waals surface area contributed by atoms with E-state index in [2.05, 4.69) is 22.3 Å².